The fourth-order valence-corrected chi connectivity index (χ4v) is 4.11. The average Bonchev–Trinajstić information content (AvgIpc) is 3.05. The molecule has 0 unspecified atom stereocenters. The van der Waals surface area contributed by atoms with Crippen molar-refractivity contribution in [2.45, 2.75) is 71.2 Å². The van der Waals surface area contributed by atoms with Crippen LogP contribution in [0.25, 0.3) is 0 Å². The van der Waals surface area contributed by atoms with Gasteiger partial charge in [-0.05, 0) is 57.5 Å². The van der Waals surface area contributed by atoms with Crippen LogP contribution in [0.4, 0.5) is 0 Å². The van der Waals surface area contributed by atoms with Crippen molar-refractivity contribution >= 4 is 0 Å². The van der Waals surface area contributed by atoms with Crippen LogP contribution in [0, 0.1) is 13.8 Å². The largest absolute Gasteiger partial charge is 0.492 e. The number of hydrogen-bond donors (Lipinski definition) is 1. The first kappa shape index (κ1) is 22.8. The van der Waals surface area contributed by atoms with Gasteiger partial charge in [0.15, 0.2) is 0 Å². The summed E-state index contributed by atoms with van der Waals surface area (Å²) in [6.07, 6.45) is 5.99. The lowest BCUT2D eigenvalue weighted by Crippen LogP contribution is -2.33. The van der Waals surface area contributed by atoms with Crippen LogP contribution in [-0.4, -0.2) is 58.8 Å². The predicted molar refractivity (Wildman–Crippen MR) is 119 cm³/mol. The van der Waals surface area contributed by atoms with Crippen LogP contribution < -0.4 is 4.74 Å². The molecule has 1 aromatic heterocycles. The van der Waals surface area contributed by atoms with Gasteiger partial charge in [0.1, 0.15) is 12.4 Å². The third-order valence-corrected chi connectivity index (χ3v) is 5.65. The Morgan fingerprint density at radius 1 is 1.17 bits per heavy atom. The van der Waals surface area contributed by atoms with Crippen molar-refractivity contribution in [1.29, 1.82) is 0 Å². The van der Waals surface area contributed by atoms with E-state index in [0.29, 0.717) is 25.9 Å². The molecule has 6 nitrogen and oxygen atoms in total. The number of nitrogens with zero attached hydrogens (tertiary/aromatic N) is 3. The molecule has 1 fully saturated rings. The normalized spacial score (nSPS) is 16.2. The van der Waals surface area contributed by atoms with Crippen molar-refractivity contribution in [1.82, 2.24) is 14.7 Å². The van der Waals surface area contributed by atoms with Crippen molar-refractivity contribution in [3.8, 4) is 5.75 Å². The first-order chi connectivity index (χ1) is 14.5. The molecule has 1 aliphatic rings. The second kappa shape index (κ2) is 11.5. The molecule has 0 bridgehead atoms. The molecular weight excluding hydrogens is 378 g/mol. The number of rotatable bonds is 11. The molecule has 166 valence electrons. The lowest BCUT2D eigenvalue weighted by molar-refractivity contribution is -0.0319. The van der Waals surface area contributed by atoms with Crippen LogP contribution >= 0.6 is 0 Å². The van der Waals surface area contributed by atoms with E-state index in [9.17, 15) is 5.11 Å². The number of aromatic nitrogens is 2. The van der Waals surface area contributed by atoms with Crippen molar-refractivity contribution in [3.05, 3.63) is 47.3 Å². The fraction of sp³-hybridized carbons (Fsp3) is 0.625. The Morgan fingerprint density at radius 3 is 2.57 bits per heavy atom. The van der Waals surface area contributed by atoms with Crippen LogP contribution in [0.3, 0.4) is 0 Å². The van der Waals surface area contributed by atoms with Gasteiger partial charge in [-0.2, -0.15) is 5.10 Å². The monoisotopic (exact) mass is 415 g/mol. The number of ether oxygens (including phenoxy) is 2. The number of aryl methyl sites for hydroxylation is 2. The van der Waals surface area contributed by atoms with Gasteiger partial charge in [0.25, 0.3) is 0 Å². The maximum atomic E-state index is 10.3. The molecule has 0 aliphatic heterocycles. The van der Waals surface area contributed by atoms with Gasteiger partial charge in [-0.25, -0.2) is 0 Å². The molecule has 3 rings (SSSR count). The van der Waals surface area contributed by atoms with Gasteiger partial charge < -0.3 is 14.6 Å². The topological polar surface area (TPSA) is 59.8 Å². The standard InChI is InChI=1S/C24H37N3O3/c1-19-15-20(2)27(25-19)13-14-29-24-11-9-21(10-12-24)16-26(3)17-22(28)18-30-23-7-5-4-6-8-23/h9-12,15,22-23,28H,4-8,13-14,16-18H2,1-3H3/t22-/m1/s1. The highest BCUT2D eigenvalue weighted by Gasteiger charge is 2.16. The average molecular weight is 416 g/mol. The number of aliphatic hydroxyl groups is 1. The molecular formula is C24H37N3O3. The van der Waals surface area contributed by atoms with E-state index in [1.54, 1.807) is 0 Å². The summed E-state index contributed by atoms with van der Waals surface area (Å²) >= 11 is 0. The number of hydrogen-bond acceptors (Lipinski definition) is 5. The molecule has 1 N–H and O–H groups in total. The molecule has 6 heteroatoms. The SMILES string of the molecule is Cc1cc(C)n(CCOc2ccc(CN(C)C[C@@H](O)COC3CCCCC3)cc2)n1. The maximum Gasteiger partial charge on any atom is 0.119 e. The molecule has 0 amide bonds. The van der Waals surface area contributed by atoms with Crippen LogP contribution in [-0.2, 0) is 17.8 Å². The molecule has 2 aromatic rings. The third-order valence-electron chi connectivity index (χ3n) is 5.65. The molecule has 1 saturated carbocycles. The van der Waals surface area contributed by atoms with Gasteiger partial charge in [0.05, 0.1) is 31.1 Å². The summed E-state index contributed by atoms with van der Waals surface area (Å²) in [5.41, 5.74) is 3.39. The minimum absolute atomic E-state index is 0.340. The second-order valence-corrected chi connectivity index (χ2v) is 8.59. The number of likely N-dealkylation sites (N-methyl/N-ethyl adjacent to an activating group) is 1. The van der Waals surface area contributed by atoms with Crippen molar-refractivity contribution in [3.63, 3.8) is 0 Å². The highest BCUT2D eigenvalue weighted by molar-refractivity contribution is 5.27. The van der Waals surface area contributed by atoms with E-state index in [2.05, 4.69) is 35.1 Å². The Balaban J connectivity index is 1.35. The lowest BCUT2D eigenvalue weighted by atomic mass is 9.98. The summed E-state index contributed by atoms with van der Waals surface area (Å²) in [5, 5.41) is 14.7. The summed E-state index contributed by atoms with van der Waals surface area (Å²) < 4.78 is 13.7. The minimum Gasteiger partial charge on any atom is -0.492 e. The van der Waals surface area contributed by atoms with E-state index in [1.165, 1.54) is 24.8 Å². The van der Waals surface area contributed by atoms with E-state index in [-0.39, 0.29) is 0 Å². The molecule has 0 spiro atoms. The summed E-state index contributed by atoms with van der Waals surface area (Å²) in [6, 6.07) is 10.3. The molecule has 0 saturated heterocycles. The van der Waals surface area contributed by atoms with Gasteiger partial charge in [0, 0.05) is 18.8 Å². The third kappa shape index (κ3) is 7.42. The van der Waals surface area contributed by atoms with Crippen molar-refractivity contribution < 1.29 is 14.6 Å². The summed E-state index contributed by atoms with van der Waals surface area (Å²) in [5.74, 6) is 0.865. The van der Waals surface area contributed by atoms with Crippen molar-refractivity contribution in [2.75, 3.05) is 26.8 Å². The first-order valence-electron chi connectivity index (χ1n) is 11.2. The molecule has 0 radical (unpaired) electrons. The molecule has 1 aromatic carbocycles. The van der Waals surface area contributed by atoms with Crippen LogP contribution in [0.5, 0.6) is 5.75 Å². The zero-order valence-electron chi connectivity index (χ0n) is 18.7. The number of aliphatic hydroxyl groups excluding tert-OH is 1. The summed E-state index contributed by atoms with van der Waals surface area (Å²) in [4.78, 5) is 2.13. The summed E-state index contributed by atoms with van der Waals surface area (Å²) in [6.45, 7) is 7.21. The van der Waals surface area contributed by atoms with Gasteiger partial charge in [-0.3, -0.25) is 9.58 Å². The Hall–Kier alpha value is -1.89. The zero-order valence-corrected chi connectivity index (χ0v) is 18.7. The van der Waals surface area contributed by atoms with Crippen LogP contribution in [0.15, 0.2) is 30.3 Å². The van der Waals surface area contributed by atoms with Crippen molar-refractivity contribution in [2.24, 2.45) is 0 Å². The maximum absolute atomic E-state index is 10.3. The highest BCUT2D eigenvalue weighted by Crippen LogP contribution is 2.20. The predicted octanol–water partition coefficient (Wildman–Crippen LogP) is 3.72. The molecule has 1 atom stereocenters. The second-order valence-electron chi connectivity index (χ2n) is 8.59. The number of benzene rings is 1. The quantitative estimate of drug-likeness (QED) is 0.606. The Labute approximate surface area is 180 Å². The minimum atomic E-state index is -0.450. The zero-order chi connectivity index (χ0) is 21.3. The highest BCUT2D eigenvalue weighted by atomic mass is 16.5. The summed E-state index contributed by atoms with van der Waals surface area (Å²) in [7, 11) is 2.03. The Bertz CT molecular complexity index is 754. The van der Waals surface area contributed by atoms with Gasteiger partial charge >= 0.3 is 0 Å². The van der Waals surface area contributed by atoms with Crippen LogP contribution in [0.1, 0.15) is 49.1 Å². The van der Waals surface area contributed by atoms with E-state index < -0.39 is 6.10 Å². The van der Waals surface area contributed by atoms with E-state index in [4.69, 9.17) is 9.47 Å². The van der Waals surface area contributed by atoms with E-state index in [0.717, 1.165) is 43.1 Å². The molecule has 1 aliphatic carbocycles. The van der Waals surface area contributed by atoms with Crippen LogP contribution in [0.2, 0.25) is 0 Å². The van der Waals surface area contributed by atoms with Gasteiger partial charge in [0.2, 0.25) is 0 Å². The fourth-order valence-electron chi connectivity index (χ4n) is 4.11. The van der Waals surface area contributed by atoms with E-state index >= 15 is 0 Å². The van der Waals surface area contributed by atoms with E-state index in [1.807, 2.05) is 30.8 Å². The Kier molecular flexibility index (Phi) is 8.73. The van der Waals surface area contributed by atoms with Gasteiger partial charge in [-0.15, -0.1) is 0 Å². The lowest BCUT2D eigenvalue weighted by Gasteiger charge is -2.25. The Morgan fingerprint density at radius 2 is 1.90 bits per heavy atom. The molecule has 30 heavy (non-hydrogen) atoms. The molecule has 1 heterocycles. The smallest absolute Gasteiger partial charge is 0.119 e. The van der Waals surface area contributed by atoms with Gasteiger partial charge in [-0.1, -0.05) is 31.4 Å². The first-order valence-corrected chi connectivity index (χ1v) is 11.2.